The molecule has 2 heterocycles. The number of guanidine groups is 1. The van der Waals surface area contributed by atoms with Gasteiger partial charge in [-0.05, 0) is 37.8 Å². The Labute approximate surface area is 174 Å². The van der Waals surface area contributed by atoms with Gasteiger partial charge in [0, 0.05) is 63.5 Å². The Hall–Kier alpha value is -2.44. The highest BCUT2D eigenvalue weighted by atomic mass is 16.5. The zero-order valence-electron chi connectivity index (χ0n) is 18.0. The van der Waals surface area contributed by atoms with E-state index >= 15 is 0 Å². The number of hydrogen-bond acceptors (Lipinski definition) is 4. The van der Waals surface area contributed by atoms with Crippen molar-refractivity contribution in [1.82, 2.24) is 15.5 Å². The molecule has 2 N–H and O–H groups in total. The normalized spacial score (nSPS) is 22.1. The van der Waals surface area contributed by atoms with Crippen LogP contribution in [0.4, 0.5) is 5.69 Å². The average Bonchev–Trinajstić information content (AvgIpc) is 3.41. The number of nitrogens with zero attached hydrogens (tertiary/aromatic N) is 3. The summed E-state index contributed by atoms with van der Waals surface area (Å²) in [7, 11) is 1.71. The quantitative estimate of drug-likeness (QED) is 0.541. The lowest BCUT2D eigenvalue weighted by atomic mass is 10.1. The molecule has 1 amide bonds. The molecule has 160 valence electrons. The van der Waals surface area contributed by atoms with Crippen LogP contribution in [-0.4, -0.2) is 69.2 Å². The molecule has 2 saturated heterocycles. The van der Waals surface area contributed by atoms with E-state index in [1.165, 1.54) is 5.69 Å². The third kappa shape index (κ3) is 5.78. The summed E-state index contributed by atoms with van der Waals surface area (Å²) in [4.78, 5) is 21.1. The maximum atomic E-state index is 11.9. The van der Waals surface area contributed by atoms with Gasteiger partial charge in [-0.2, -0.15) is 0 Å². The predicted molar refractivity (Wildman–Crippen MR) is 118 cm³/mol. The summed E-state index contributed by atoms with van der Waals surface area (Å²) in [5, 5.41) is 6.88. The van der Waals surface area contributed by atoms with Gasteiger partial charge < -0.3 is 25.2 Å². The van der Waals surface area contributed by atoms with Gasteiger partial charge in [-0.25, -0.2) is 0 Å². The van der Waals surface area contributed by atoms with Crippen molar-refractivity contribution in [3.63, 3.8) is 0 Å². The summed E-state index contributed by atoms with van der Waals surface area (Å²) in [6, 6.07) is 8.54. The Balaban J connectivity index is 1.52. The number of hydrogen-bond donors (Lipinski definition) is 2. The van der Waals surface area contributed by atoms with Crippen LogP contribution in [-0.2, 0) is 4.79 Å². The van der Waals surface area contributed by atoms with Crippen molar-refractivity contribution in [2.75, 3.05) is 51.3 Å². The number of carbonyl (C=O) groups is 1. The standard InChI is InChI=1S/C22H35N5O2/c1-4-21(28)27-12-10-18(16-27)25-22(23-5-2)24-14-17-9-11-26(15-17)19-7-6-8-20(13-19)29-3/h6-8,13,17-18H,4-5,9-12,14-16H2,1-3H3,(H2,23,24,25). The molecule has 7 nitrogen and oxygen atoms in total. The van der Waals surface area contributed by atoms with Crippen molar-refractivity contribution in [1.29, 1.82) is 0 Å². The Bertz CT molecular complexity index is 708. The second-order valence-corrected chi connectivity index (χ2v) is 7.85. The highest BCUT2D eigenvalue weighted by molar-refractivity contribution is 5.80. The fourth-order valence-corrected chi connectivity index (χ4v) is 4.09. The zero-order chi connectivity index (χ0) is 20.6. The molecule has 0 radical (unpaired) electrons. The van der Waals surface area contributed by atoms with Gasteiger partial charge in [-0.3, -0.25) is 9.79 Å². The van der Waals surface area contributed by atoms with Crippen molar-refractivity contribution < 1.29 is 9.53 Å². The van der Waals surface area contributed by atoms with Crippen LogP contribution in [0.25, 0.3) is 0 Å². The molecule has 2 aliphatic heterocycles. The first-order chi connectivity index (χ1) is 14.1. The molecular weight excluding hydrogens is 366 g/mol. The van der Waals surface area contributed by atoms with E-state index in [-0.39, 0.29) is 11.9 Å². The molecule has 29 heavy (non-hydrogen) atoms. The Kier molecular flexibility index (Phi) is 7.61. The number of amides is 1. The lowest BCUT2D eigenvalue weighted by Crippen LogP contribution is -2.45. The molecule has 1 aromatic rings. The molecule has 2 fully saturated rings. The SMILES string of the molecule is CCNC(=NCC1CCN(c2cccc(OC)c2)C1)NC1CCN(C(=O)CC)C1. The molecule has 2 aliphatic rings. The molecule has 0 spiro atoms. The van der Waals surface area contributed by atoms with Gasteiger partial charge in [0.1, 0.15) is 5.75 Å². The van der Waals surface area contributed by atoms with Crippen LogP contribution in [0.3, 0.4) is 0 Å². The first-order valence-electron chi connectivity index (χ1n) is 10.8. The summed E-state index contributed by atoms with van der Waals surface area (Å²) in [5.41, 5.74) is 1.22. The van der Waals surface area contributed by atoms with Crippen LogP contribution in [0.5, 0.6) is 5.75 Å². The number of carbonyl (C=O) groups excluding carboxylic acids is 1. The first kappa shape index (κ1) is 21.3. The van der Waals surface area contributed by atoms with Gasteiger partial charge >= 0.3 is 0 Å². The van der Waals surface area contributed by atoms with E-state index in [1.807, 2.05) is 24.0 Å². The zero-order valence-corrected chi connectivity index (χ0v) is 18.0. The topological polar surface area (TPSA) is 69.2 Å². The minimum Gasteiger partial charge on any atom is -0.497 e. The third-order valence-corrected chi connectivity index (χ3v) is 5.74. The number of aliphatic imine (C=N–C) groups is 1. The van der Waals surface area contributed by atoms with Crippen LogP contribution in [0.1, 0.15) is 33.1 Å². The number of nitrogens with one attached hydrogen (secondary N) is 2. The molecule has 3 rings (SSSR count). The Morgan fingerprint density at radius 1 is 1.24 bits per heavy atom. The second kappa shape index (κ2) is 10.4. The van der Waals surface area contributed by atoms with E-state index in [0.29, 0.717) is 12.3 Å². The lowest BCUT2D eigenvalue weighted by molar-refractivity contribution is -0.129. The average molecular weight is 402 g/mol. The summed E-state index contributed by atoms with van der Waals surface area (Å²) in [6.07, 6.45) is 2.69. The highest BCUT2D eigenvalue weighted by Crippen LogP contribution is 2.27. The number of rotatable bonds is 7. The monoisotopic (exact) mass is 401 g/mol. The van der Waals surface area contributed by atoms with Crippen LogP contribution in [0.2, 0.25) is 0 Å². The molecule has 7 heteroatoms. The first-order valence-corrected chi connectivity index (χ1v) is 10.8. The van der Waals surface area contributed by atoms with Crippen molar-refractivity contribution in [2.45, 2.75) is 39.2 Å². The summed E-state index contributed by atoms with van der Waals surface area (Å²) < 4.78 is 5.35. The summed E-state index contributed by atoms with van der Waals surface area (Å²) in [6.45, 7) is 9.30. The molecule has 0 aliphatic carbocycles. The van der Waals surface area contributed by atoms with Crippen molar-refractivity contribution in [2.24, 2.45) is 10.9 Å². The number of anilines is 1. The smallest absolute Gasteiger partial charge is 0.222 e. The summed E-state index contributed by atoms with van der Waals surface area (Å²) in [5.74, 6) is 2.54. The van der Waals surface area contributed by atoms with Crippen LogP contribution in [0, 0.1) is 5.92 Å². The van der Waals surface area contributed by atoms with E-state index in [1.54, 1.807) is 7.11 Å². The minimum absolute atomic E-state index is 0.236. The van der Waals surface area contributed by atoms with Crippen molar-refractivity contribution >= 4 is 17.6 Å². The Morgan fingerprint density at radius 3 is 2.86 bits per heavy atom. The molecular formula is C22H35N5O2. The fourth-order valence-electron chi connectivity index (χ4n) is 4.09. The number of methoxy groups -OCH3 is 1. The molecule has 2 unspecified atom stereocenters. The van der Waals surface area contributed by atoms with E-state index < -0.39 is 0 Å². The molecule has 0 aromatic heterocycles. The van der Waals surface area contributed by atoms with Crippen LogP contribution in [0.15, 0.2) is 29.3 Å². The van der Waals surface area contributed by atoms with Crippen LogP contribution < -0.4 is 20.3 Å². The fraction of sp³-hybridized carbons (Fsp3) is 0.636. The van der Waals surface area contributed by atoms with Gasteiger partial charge in [0.25, 0.3) is 0 Å². The number of likely N-dealkylation sites (tertiary alicyclic amines) is 1. The van der Waals surface area contributed by atoms with Crippen molar-refractivity contribution in [3.8, 4) is 5.75 Å². The van der Waals surface area contributed by atoms with E-state index in [0.717, 1.165) is 63.8 Å². The van der Waals surface area contributed by atoms with Gasteiger partial charge in [-0.15, -0.1) is 0 Å². The van der Waals surface area contributed by atoms with Gasteiger partial charge in [0.2, 0.25) is 5.91 Å². The van der Waals surface area contributed by atoms with E-state index in [9.17, 15) is 4.79 Å². The maximum absolute atomic E-state index is 11.9. The minimum atomic E-state index is 0.236. The molecule has 0 bridgehead atoms. The van der Waals surface area contributed by atoms with Crippen molar-refractivity contribution in [3.05, 3.63) is 24.3 Å². The van der Waals surface area contributed by atoms with E-state index in [4.69, 9.17) is 9.73 Å². The third-order valence-electron chi connectivity index (χ3n) is 5.74. The molecule has 2 atom stereocenters. The molecule has 0 saturated carbocycles. The Morgan fingerprint density at radius 2 is 2.10 bits per heavy atom. The maximum Gasteiger partial charge on any atom is 0.222 e. The predicted octanol–water partition coefficient (Wildman–Crippen LogP) is 2.09. The summed E-state index contributed by atoms with van der Waals surface area (Å²) >= 11 is 0. The highest BCUT2D eigenvalue weighted by Gasteiger charge is 2.26. The molecule has 1 aromatic carbocycles. The van der Waals surface area contributed by atoms with Gasteiger partial charge in [0.05, 0.1) is 7.11 Å². The number of ether oxygens (including phenoxy) is 1. The van der Waals surface area contributed by atoms with E-state index in [2.05, 4.69) is 34.6 Å². The van der Waals surface area contributed by atoms with Crippen LogP contribution >= 0.6 is 0 Å². The number of benzene rings is 1. The second-order valence-electron chi connectivity index (χ2n) is 7.85. The lowest BCUT2D eigenvalue weighted by Gasteiger charge is -2.20. The van der Waals surface area contributed by atoms with Gasteiger partial charge in [0.15, 0.2) is 5.96 Å². The largest absolute Gasteiger partial charge is 0.497 e. The van der Waals surface area contributed by atoms with Gasteiger partial charge in [-0.1, -0.05) is 13.0 Å².